The molecule has 37 heavy (non-hydrogen) atoms. The van der Waals surface area contributed by atoms with Crippen molar-refractivity contribution in [3.05, 3.63) is 167 Å². The third kappa shape index (κ3) is 5.31. The topological polar surface area (TPSA) is 0 Å². The van der Waals surface area contributed by atoms with Gasteiger partial charge in [-0.15, -0.1) is 23.2 Å². The molecule has 0 aromatic heterocycles. The van der Waals surface area contributed by atoms with Crippen LogP contribution in [0.4, 0.5) is 0 Å². The lowest BCUT2D eigenvalue weighted by molar-refractivity contribution is 0.994. The van der Waals surface area contributed by atoms with Gasteiger partial charge in [-0.3, -0.25) is 0 Å². The van der Waals surface area contributed by atoms with Crippen molar-refractivity contribution >= 4 is 46.4 Å². The van der Waals surface area contributed by atoms with Crippen LogP contribution in [-0.4, -0.2) is 0 Å². The summed E-state index contributed by atoms with van der Waals surface area (Å²) in [7, 11) is 0. The number of halogens is 4. The van der Waals surface area contributed by atoms with Crippen molar-refractivity contribution < 1.29 is 0 Å². The molecule has 0 aliphatic heterocycles. The lowest BCUT2D eigenvalue weighted by Crippen LogP contribution is -2.17. The first-order valence-electron chi connectivity index (χ1n) is 12.0. The minimum absolute atomic E-state index is 0.422. The molecule has 5 aromatic rings. The second-order valence-corrected chi connectivity index (χ2v) is 11.0. The molecular formula is C33H24Cl4. The lowest BCUT2D eigenvalue weighted by atomic mass is 9.83. The number of benzene rings is 5. The number of hydrogen-bond donors (Lipinski definition) is 0. The van der Waals surface area contributed by atoms with E-state index >= 15 is 0 Å². The van der Waals surface area contributed by atoms with Crippen LogP contribution in [0.15, 0.2) is 133 Å². The summed E-state index contributed by atoms with van der Waals surface area (Å²) in [5, 5.41) is -0.911. The highest BCUT2D eigenvalue weighted by atomic mass is 35.5. The highest BCUT2D eigenvalue weighted by molar-refractivity contribution is 6.50. The molecule has 184 valence electrons. The van der Waals surface area contributed by atoms with Crippen molar-refractivity contribution in [3.63, 3.8) is 0 Å². The van der Waals surface area contributed by atoms with Crippen molar-refractivity contribution in [1.29, 1.82) is 0 Å². The minimum atomic E-state index is -1.32. The SMILES string of the molecule is ClC(c1ccccc1)c1ccc(C(Cl)(Cl)c2ccccc2)c(-c2ccccc2)c1C(Cl)c1ccccc1. The molecule has 4 heteroatoms. The lowest BCUT2D eigenvalue weighted by Gasteiger charge is -2.30. The predicted octanol–water partition coefficient (Wildman–Crippen LogP) is 10.7. The number of alkyl halides is 4. The quantitative estimate of drug-likeness (QED) is 0.173. The summed E-state index contributed by atoms with van der Waals surface area (Å²) in [6.45, 7) is 0. The van der Waals surface area contributed by atoms with Crippen LogP contribution in [0.25, 0.3) is 11.1 Å². The smallest absolute Gasteiger partial charge is 0.113 e. The summed E-state index contributed by atoms with van der Waals surface area (Å²) < 4.78 is -1.32. The normalized spacial score (nSPS) is 13.2. The fourth-order valence-electron chi connectivity index (χ4n) is 4.70. The fourth-order valence-corrected chi connectivity index (χ4v) is 5.98. The molecule has 0 bridgehead atoms. The Morgan fingerprint density at radius 3 is 1.49 bits per heavy atom. The van der Waals surface area contributed by atoms with Crippen LogP contribution < -0.4 is 0 Å². The molecule has 2 atom stereocenters. The fraction of sp³-hybridized carbons (Fsp3) is 0.0909. The Labute approximate surface area is 238 Å². The van der Waals surface area contributed by atoms with E-state index in [9.17, 15) is 0 Å². The Balaban J connectivity index is 1.84. The zero-order valence-electron chi connectivity index (χ0n) is 19.9. The Kier molecular flexibility index (Phi) is 7.93. The van der Waals surface area contributed by atoms with E-state index in [4.69, 9.17) is 46.4 Å². The second kappa shape index (κ2) is 11.3. The molecule has 0 aliphatic carbocycles. The average molecular weight is 562 g/mol. The van der Waals surface area contributed by atoms with Crippen LogP contribution in [0.5, 0.6) is 0 Å². The molecule has 0 N–H and O–H groups in total. The van der Waals surface area contributed by atoms with E-state index in [1.807, 2.05) is 121 Å². The summed E-state index contributed by atoms with van der Waals surface area (Å²) in [6, 6.07) is 43.8. The largest absolute Gasteiger partial charge is 0.168 e. The number of rotatable bonds is 7. The van der Waals surface area contributed by atoms with Gasteiger partial charge in [0.2, 0.25) is 0 Å². The second-order valence-electron chi connectivity index (χ2n) is 8.84. The molecule has 0 radical (unpaired) electrons. The third-order valence-electron chi connectivity index (χ3n) is 6.53. The van der Waals surface area contributed by atoms with Crippen molar-refractivity contribution in [1.82, 2.24) is 0 Å². The van der Waals surface area contributed by atoms with Gasteiger partial charge in [0.25, 0.3) is 0 Å². The van der Waals surface area contributed by atoms with E-state index in [0.717, 1.165) is 44.5 Å². The zero-order valence-corrected chi connectivity index (χ0v) is 22.9. The molecule has 0 spiro atoms. The Bertz CT molecular complexity index is 1450. The van der Waals surface area contributed by atoms with E-state index in [0.29, 0.717) is 0 Å². The molecule has 0 heterocycles. The number of hydrogen-bond acceptors (Lipinski definition) is 0. The van der Waals surface area contributed by atoms with E-state index in [-0.39, 0.29) is 0 Å². The van der Waals surface area contributed by atoms with Crippen LogP contribution in [0.1, 0.15) is 44.1 Å². The van der Waals surface area contributed by atoms with Gasteiger partial charge >= 0.3 is 0 Å². The maximum Gasteiger partial charge on any atom is 0.168 e. The molecule has 0 saturated carbocycles. The first-order chi connectivity index (χ1) is 18.0. The van der Waals surface area contributed by atoms with Crippen LogP contribution >= 0.6 is 46.4 Å². The maximum absolute atomic E-state index is 7.35. The molecule has 0 nitrogen and oxygen atoms in total. The van der Waals surface area contributed by atoms with E-state index < -0.39 is 15.1 Å². The van der Waals surface area contributed by atoms with Gasteiger partial charge in [-0.05, 0) is 38.9 Å². The van der Waals surface area contributed by atoms with Gasteiger partial charge in [0, 0.05) is 5.56 Å². The summed E-state index contributed by atoms with van der Waals surface area (Å²) in [5.41, 5.74) is 7.15. The highest BCUT2D eigenvalue weighted by Crippen LogP contribution is 2.51. The summed E-state index contributed by atoms with van der Waals surface area (Å²) in [5.74, 6) is 0. The summed E-state index contributed by atoms with van der Waals surface area (Å²) in [4.78, 5) is 0. The zero-order chi connectivity index (χ0) is 25.8. The molecule has 0 aliphatic rings. The van der Waals surface area contributed by atoms with E-state index in [2.05, 4.69) is 12.1 Å². The summed E-state index contributed by atoms with van der Waals surface area (Å²) >= 11 is 28.9. The van der Waals surface area contributed by atoms with Gasteiger partial charge in [0.1, 0.15) is 0 Å². The average Bonchev–Trinajstić information content (AvgIpc) is 2.97. The molecule has 0 saturated heterocycles. The standard InChI is InChI=1S/C33H24Cl4/c34-31(24-15-7-2-8-16-24)27-21-22-28(33(36,37)26-19-11-4-12-20-26)29(23-13-5-1-6-14-23)30(27)32(35)25-17-9-3-10-18-25/h1-22,31-32H. The first-order valence-corrected chi connectivity index (χ1v) is 13.7. The van der Waals surface area contributed by atoms with Crippen molar-refractivity contribution in [3.8, 4) is 11.1 Å². The van der Waals surface area contributed by atoms with E-state index in [1.54, 1.807) is 0 Å². The van der Waals surface area contributed by atoms with Crippen molar-refractivity contribution in [2.45, 2.75) is 15.1 Å². The van der Waals surface area contributed by atoms with Gasteiger partial charge in [-0.1, -0.05) is 157 Å². The molecule has 5 rings (SSSR count). The van der Waals surface area contributed by atoms with Crippen LogP contribution in [-0.2, 0) is 4.33 Å². The van der Waals surface area contributed by atoms with Crippen LogP contribution in [0.2, 0.25) is 0 Å². The maximum atomic E-state index is 7.35. The van der Waals surface area contributed by atoms with E-state index in [1.165, 1.54) is 0 Å². The Morgan fingerprint density at radius 2 is 0.946 bits per heavy atom. The monoisotopic (exact) mass is 560 g/mol. The third-order valence-corrected chi connectivity index (χ3v) is 8.33. The van der Waals surface area contributed by atoms with Crippen LogP contribution in [0, 0.1) is 0 Å². The van der Waals surface area contributed by atoms with Gasteiger partial charge in [0.05, 0.1) is 10.8 Å². The Hall–Kier alpha value is -2.74. The molecule has 0 fully saturated rings. The molecule has 0 amide bonds. The Morgan fingerprint density at radius 1 is 0.486 bits per heavy atom. The minimum Gasteiger partial charge on any atom is -0.113 e. The van der Waals surface area contributed by atoms with Gasteiger partial charge < -0.3 is 0 Å². The van der Waals surface area contributed by atoms with Gasteiger partial charge in [-0.2, -0.15) is 0 Å². The predicted molar refractivity (Wildman–Crippen MR) is 159 cm³/mol. The highest BCUT2D eigenvalue weighted by Gasteiger charge is 2.36. The van der Waals surface area contributed by atoms with Crippen molar-refractivity contribution in [2.24, 2.45) is 0 Å². The van der Waals surface area contributed by atoms with Crippen LogP contribution in [0.3, 0.4) is 0 Å². The molecule has 2 unspecified atom stereocenters. The van der Waals surface area contributed by atoms with Gasteiger partial charge in [0.15, 0.2) is 4.33 Å². The molecular weight excluding hydrogens is 538 g/mol. The molecule has 5 aromatic carbocycles. The first kappa shape index (κ1) is 25.9. The van der Waals surface area contributed by atoms with Crippen molar-refractivity contribution in [2.75, 3.05) is 0 Å². The summed E-state index contributed by atoms with van der Waals surface area (Å²) in [6.07, 6.45) is 0. The van der Waals surface area contributed by atoms with Gasteiger partial charge in [-0.25, -0.2) is 0 Å².